The third-order valence-corrected chi connectivity index (χ3v) is 5.11. The van der Waals surface area contributed by atoms with Crippen molar-refractivity contribution >= 4 is 34.1 Å². The van der Waals surface area contributed by atoms with Gasteiger partial charge in [-0.05, 0) is 37.1 Å². The average molecular weight is 254 g/mol. The van der Waals surface area contributed by atoms with Gasteiger partial charge in [-0.3, -0.25) is 0 Å². The van der Waals surface area contributed by atoms with E-state index in [9.17, 15) is 0 Å². The molecule has 3 N–H and O–H groups in total. The molecule has 1 aliphatic heterocycles. The van der Waals surface area contributed by atoms with E-state index < -0.39 is 0 Å². The molecule has 0 radical (unpaired) electrons. The number of nitriles is 1. The number of rotatable bonds is 3. The number of aromatic nitrogens is 1. The second-order valence-corrected chi connectivity index (χ2v) is 6.60. The Morgan fingerprint density at radius 3 is 3.12 bits per heavy atom. The Balaban J connectivity index is 2.02. The standard InChI is InChI=1S/C10H14N4S2/c1-10(3-2-4-15-10)6-13-9-7(5-11)8(12)14-16-9/h13H,2-4,6H2,1H3,(H2,12,14). The Morgan fingerprint density at radius 2 is 2.50 bits per heavy atom. The summed E-state index contributed by atoms with van der Waals surface area (Å²) in [6, 6.07) is 2.09. The smallest absolute Gasteiger partial charge is 0.157 e. The van der Waals surface area contributed by atoms with Crippen molar-refractivity contribution < 1.29 is 0 Å². The zero-order valence-corrected chi connectivity index (χ0v) is 10.7. The van der Waals surface area contributed by atoms with Gasteiger partial charge in [0.15, 0.2) is 5.82 Å². The molecule has 0 aliphatic carbocycles. The Morgan fingerprint density at radius 1 is 1.69 bits per heavy atom. The molecule has 1 aliphatic rings. The molecule has 16 heavy (non-hydrogen) atoms. The molecule has 4 nitrogen and oxygen atoms in total. The minimum absolute atomic E-state index is 0.283. The maximum absolute atomic E-state index is 8.94. The van der Waals surface area contributed by atoms with Crippen LogP contribution in [0.3, 0.4) is 0 Å². The topological polar surface area (TPSA) is 74.7 Å². The van der Waals surface area contributed by atoms with Crippen LogP contribution in [0.1, 0.15) is 25.3 Å². The molecule has 6 heteroatoms. The molecule has 0 spiro atoms. The molecule has 1 saturated heterocycles. The molecule has 2 heterocycles. The molecule has 2 rings (SSSR count). The molecule has 0 amide bonds. The molecule has 86 valence electrons. The lowest BCUT2D eigenvalue weighted by Crippen LogP contribution is -2.26. The Labute approximate surface area is 103 Å². The van der Waals surface area contributed by atoms with Gasteiger partial charge in [0.1, 0.15) is 16.6 Å². The highest BCUT2D eigenvalue weighted by atomic mass is 32.2. The van der Waals surface area contributed by atoms with Crippen molar-refractivity contribution in [2.45, 2.75) is 24.5 Å². The first kappa shape index (κ1) is 11.6. The minimum Gasteiger partial charge on any atom is -0.382 e. The number of nitrogen functional groups attached to an aromatic ring is 1. The normalized spacial score (nSPS) is 24.2. The number of nitrogens with two attached hydrogens (primary N) is 1. The lowest BCUT2D eigenvalue weighted by molar-refractivity contribution is 0.635. The van der Waals surface area contributed by atoms with Gasteiger partial charge >= 0.3 is 0 Å². The zero-order valence-electron chi connectivity index (χ0n) is 9.12. The summed E-state index contributed by atoms with van der Waals surface area (Å²) >= 11 is 3.26. The second kappa shape index (κ2) is 4.52. The van der Waals surface area contributed by atoms with Crippen LogP contribution in [0, 0.1) is 11.3 Å². The monoisotopic (exact) mass is 254 g/mol. The first-order valence-corrected chi connectivity index (χ1v) is 6.94. The predicted octanol–water partition coefficient (Wildman–Crippen LogP) is 2.29. The zero-order chi connectivity index (χ0) is 11.6. The van der Waals surface area contributed by atoms with Gasteiger partial charge in [0.25, 0.3) is 0 Å². The van der Waals surface area contributed by atoms with Crippen LogP contribution in [0.15, 0.2) is 0 Å². The van der Waals surface area contributed by atoms with E-state index in [4.69, 9.17) is 11.0 Å². The number of anilines is 2. The number of hydrogen-bond acceptors (Lipinski definition) is 6. The van der Waals surface area contributed by atoms with Crippen LogP contribution < -0.4 is 11.1 Å². The predicted molar refractivity (Wildman–Crippen MR) is 69.8 cm³/mol. The maximum atomic E-state index is 8.94. The Bertz CT molecular complexity index is 415. The fourth-order valence-electron chi connectivity index (χ4n) is 1.77. The van der Waals surface area contributed by atoms with Crippen LogP contribution >= 0.6 is 23.3 Å². The van der Waals surface area contributed by atoms with Crippen LogP contribution in [0.4, 0.5) is 10.8 Å². The van der Waals surface area contributed by atoms with Crippen molar-refractivity contribution in [3.63, 3.8) is 0 Å². The van der Waals surface area contributed by atoms with Gasteiger partial charge in [-0.1, -0.05) is 0 Å². The highest BCUT2D eigenvalue weighted by Gasteiger charge is 2.29. The molecule has 0 aromatic carbocycles. The number of hydrogen-bond donors (Lipinski definition) is 2. The van der Waals surface area contributed by atoms with Crippen LogP contribution in [0.25, 0.3) is 0 Å². The molecular weight excluding hydrogens is 240 g/mol. The molecule has 1 atom stereocenters. The van der Waals surface area contributed by atoms with Crippen LogP contribution in [0.5, 0.6) is 0 Å². The Kier molecular flexibility index (Phi) is 3.26. The summed E-state index contributed by atoms with van der Waals surface area (Å²) in [4.78, 5) is 0. The van der Waals surface area contributed by atoms with Gasteiger partial charge in [-0.2, -0.15) is 21.4 Å². The number of nitrogens with one attached hydrogen (secondary N) is 1. The summed E-state index contributed by atoms with van der Waals surface area (Å²) in [5.74, 6) is 1.56. The van der Waals surface area contributed by atoms with E-state index in [1.165, 1.54) is 30.1 Å². The molecule has 1 aromatic heterocycles. The first-order chi connectivity index (χ1) is 7.64. The third kappa shape index (κ3) is 2.25. The molecule has 0 saturated carbocycles. The van der Waals surface area contributed by atoms with Crippen LogP contribution in [0.2, 0.25) is 0 Å². The molecule has 1 aromatic rings. The van der Waals surface area contributed by atoms with E-state index >= 15 is 0 Å². The average Bonchev–Trinajstić information content (AvgIpc) is 2.83. The first-order valence-electron chi connectivity index (χ1n) is 5.18. The van der Waals surface area contributed by atoms with Gasteiger partial charge in [0.2, 0.25) is 0 Å². The van der Waals surface area contributed by atoms with E-state index in [0.717, 1.165) is 11.5 Å². The van der Waals surface area contributed by atoms with Crippen molar-refractivity contribution in [3.8, 4) is 6.07 Å². The highest BCUT2D eigenvalue weighted by molar-refractivity contribution is 8.00. The summed E-state index contributed by atoms with van der Waals surface area (Å²) in [6.07, 6.45) is 2.50. The van der Waals surface area contributed by atoms with Crippen molar-refractivity contribution in [3.05, 3.63) is 5.56 Å². The van der Waals surface area contributed by atoms with Gasteiger partial charge in [0.05, 0.1) is 0 Å². The maximum Gasteiger partial charge on any atom is 0.157 e. The van der Waals surface area contributed by atoms with Gasteiger partial charge in [-0.25, -0.2) is 0 Å². The SMILES string of the molecule is CC1(CNc2snc(N)c2C#N)CCCS1. The summed E-state index contributed by atoms with van der Waals surface area (Å²) < 4.78 is 4.27. The van der Waals surface area contributed by atoms with E-state index in [1.54, 1.807) is 0 Å². The summed E-state index contributed by atoms with van der Waals surface area (Å²) in [5.41, 5.74) is 6.08. The summed E-state index contributed by atoms with van der Waals surface area (Å²) in [7, 11) is 0. The van der Waals surface area contributed by atoms with Gasteiger partial charge < -0.3 is 11.1 Å². The second-order valence-electron chi connectivity index (χ2n) is 4.14. The Hall–Kier alpha value is -0.930. The minimum atomic E-state index is 0.283. The van der Waals surface area contributed by atoms with Gasteiger partial charge in [-0.15, -0.1) is 0 Å². The highest BCUT2D eigenvalue weighted by Crippen LogP contribution is 2.38. The number of nitrogens with zero attached hydrogens (tertiary/aromatic N) is 2. The third-order valence-electron chi connectivity index (χ3n) is 2.75. The molecular formula is C10H14N4S2. The molecule has 0 bridgehead atoms. The van der Waals surface area contributed by atoms with E-state index in [1.807, 2.05) is 11.8 Å². The summed E-state index contributed by atoms with van der Waals surface area (Å²) in [5, 5.41) is 13.0. The quantitative estimate of drug-likeness (QED) is 0.865. The summed E-state index contributed by atoms with van der Waals surface area (Å²) in [6.45, 7) is 3.13. The van der Waals surface area contributed by atoms with Crippen LogP contribution in [-0.2, 0) is 0 Å². The fourth-order valence-corrected chi connectivity index (χ4v) is 3.68. The van der Waals surface area contributed by atoms with Crippen molar-refractivity contribution in [1.82, 2.24) is 4.37 Å². The van der Waals surface area contributed by atoms with Crippen LogP contribution in [-0.4, -0.2) is 21.4 Å². The van der Waals surface area contributed by atoms with Crippen molar-refractivity contribution in [2.24, 2.45) is 0 Å². The van der Waals surface area contributed by atoms with Gasteiger partial charge in [0, 0.05) is 11.3 Å². The van der Waals surface area contributed by atoms with Crippen molar-refractivity contribution in [2.75, 3.05) is 23.3 Å². The largest absolute Gasteiger partial charge is 0.382 e. The fraction of sp³-hybridized carbons (Fsp3) is 0.600. The lowest BCUT2D eigenvalue weighted by atomic mass is 10.1. The van der Waals surface area contributed by atoms with E-state index in [0.29, 0.717) is 11.4 Å². The molecule has 1 fully saturated rings. The number of thioether (sulfide) groups is 1. The lowest BCUT2D eigenvalue weighted by Gasteiger charge is -2.22. The van der Waals surface area contributed by atoms with E-state index in [2.05, 4.69) is 22.7 Å². The van der Waals surface area contributed by atoms with E-state index in [-0.39, 0.29) is 4.75 Å². The van der Waals surface area contributed by atoms with Crippen molar-refractivity contribution in [1.29, 1.82) is 5.26 Å². The molecule has 1 unspecified atom stereocenters.